The first-order valence-electron chi connectivity index (χ1n) is 8.77. The number of nitrogens with zero attached hydrogens (tertiary/aromatic N) is 4. The van der Waals surface area contributed by atoms with Crippen molar-refractivity contribution in [2.45, 2.75) is 45.9 Å². The average molecular weight is 369 g/mol. The number of carbonyl (C=O) groups is 1. The fourth-order valence-corrected chi connectivity index (χ4v) is 4.06. The van der Waals surface area contributed by atoms with Crippen molar-refractivity contribution >= 4 is 17.5 Å². The number of rotatable bonds is 7. The van der Waals surface area contributed by atoms with Crippen molar-refractivity contribution in [3.05, 3.63) is 64.7 Å². The molecule has 2 aromatic heterocycles. The normalized spacial score (nSPS) is 11.1. The van der Waals surface area contributed by atoms with Crippen LogP contribution in [0.3, 0.4) is 0 Å². The maximum absolute atomic E-state index is 12.8. The van der Waals surface area contributed by atoms with Crippen molar-refractivity contribution in [1.29, 1.82) is 0 Å². The Morgan fingerprint density at radius 2 is 1.81 bits per heavy atom. The number of thioether (sulfide) groups is 1. The van der Waals surface area contributed by atoms with E-state index >= 15 is 0 Å². The van der Waals surface area contributed by atoms with E-state index in [0.29, 0.717) is 5.75 Å². The lowest BCUT2D eigenvalue weighted by molar-refractivity contribution is 0.102. The van der Waals surface area contributed by atoms with Crippen LogP contribution in [0.1, 0.15) is 40.1 Å². The van der Waals surface area contributed by atoms with Gasteiger partial charge < -0.3 is 9.13 Å². The van der Waals surface area contributed by atoms with Crippen molar-refractivity contribution in [2.24, 2.45) is 0 Å². The third-order valence-electron chi connectivity index (χ3n) is 4.61. The van der Waals surface area contributed by atoms with Crippen molar-refractivity contribution in [2.75, 3.05) is 5.75 Å². The minimum absolute atomic E-state index is 0.130. The average Bonchev–Trinajstić information content (AvgIpc) is 3.14. The van der Waals surface area contributed by atoms with E-state index in [-0.39, 0.29) is 5.78 Å². The molecule has 5 nitrogen and oxygen atoms in total. The smallest absolute Gasteiger partial charge is 0.191 e. The van der Waals surface area contributed by atoms with Crippen LogP contribution in [-0.4, -0.2) is 30.9 Å². The van der Waals surface area contributed by atoms with Gasteiger partial charge in [0.05, 0.1) is 5.75 Å². The first-order chi connectivity index (χ1) is 12.5. The third kappa shape index (κ3) is 3.75. The van der Waals surface area contributed by atoms with Gasteiger partial charge in [0.15, 0.2) is 10.9 Å². The van der Waals surface area contributed by atoms with Crippen LogP contribution in [-0.2, 0) is 13.1 Å². The molecule has 0 amide bonds. The van der Waals surface area contributed by atoms with Gasteiger partial charge in [0.2, 0.25) is 0 Å². The molecule has 0 saturated carbocycles. The highest BCUT2D eigenvalue weighted by Crippen LogP contribution is 2.22. The Labute approximate surface area is 158 Å². The summed E-state index contributed by atoms with van der Waals surface area (Å²) < 4.78 is 4.22. The summed E-state index contributed by atoms with van der Waals surface area (Å²) in [5, 5.41) is 9.07. The van der Waals surface area contributed by atoms with Gasteiger partial charge in [0, 0.05) is 30.0 Å². The molecule has 0 atom stereocenters. The van der Waals surface area contributed by atoms with Crippen molar-refractivity contribution in [3.8, 4) is 0 Å². The predicted molar refractivity (Wildman–Crippen MR) is 105 cm³/mol. The topological polar surface area (TPSA) is 52.7 Å². The van der Waals surface area contributed by atoms with Crippen LogP contribution < -0.4 is 0 Å². The van der Waals surface area contributed by atoms with Gasteiger partial charge in [0.25, 0.3) is 0 Å². The highest BCUT2D eigenvalue weighted by atomic mass is 32.2. The van der Waals surface area contributed by atoms with Gasteiger partial charge >= 0.3 is 0 Å². The molecule has 0 unspecified atom stereocenters. The fourth-order valence-electron chi connectivity index (χ4n) is 3.13. The summed E-state index contributed by atoms with van der Waals surface area (Å²) in [6, 6.07) is 12.3. The number of benzene rings is 1. The Kier molecular flexibility index (Phi) is 5.61. The van der Waals surface area contributed by atoms with Crippen LogP contribution in [0.4, 0.5) is 0 Å². The van der Waals surface area contributed by atoms with Crippen LogP contribution in [0.25, 0.3) is 0 Å². The van der Waals surface area contributed by atoms with E-state index < -0.39 is 0 Å². The molecular weight excluding hydrogens is 344 g/mol. The number of hydrogen-bond acceptors (Lipinski definition) is 4. The van der Waals surface area contributed by atoms with Crippen LogP contribution in [0, 0.1) is 20.8 Å². The molecule has 0 N–H and O–H groups in total. The SMILES string of the molecule is CCn1c(C)nnc1SCC(=O)c1cc(C)n(Cc2ccccc2)c1C. The number of ketones is 1. The number of hydrogen-bond donors (Lipinski definition) is 0. The quantitative estimate of drug-likeness (QED) is 0.466. The van der Waals surface area contributed by atoms with Gasteiger partial charge in [-0.1, -0.05) is 42.1 Å². The highest BCUT2D eigenvalue weighted by molar-refractivity contribution is 7.99. The minimum Gasteiger partial charge on any atom is -0.344 e. The van der Waals surface area contributed by atoms with Crippen LogP contribution in [0.15, 0.2) is 41.6 Å². The summed E-state index contributed by atoms with van der Waals surface area (Å²) in [5.41, 5.74) is 4.15. The van der Waals surface area contributed by atoms with E-state index in [1.165, 1.54) is 17.3 Å². The van der Waals surface area contributed by atoms with Crippen molar-refractivity contribution < 1.29 is 4.79 Å². The molecular formula is C20H24N4OS. The third-order valence-corrected chi connectivity index (χ3v) is 5.57. The second-order valence-electron chi connectivity index (χ2n) is 6.34. The lowest BCUT2D eigenvalue weighted by Crippen LogP contribution is -2.08. The first kappa shape index (κ1) is 18.5. The minimum atomic E-state index is 0.130. The Bertz CT molecular complexity index is 912. The van der Waals surface area contributed by atoms with Crippen LogP contribution >= 0.6 is 11.8 Å². The van der Waals surface area contributed by atoms with Crippen LogP contribution in [0.2, 0.25) is 0 Å². The number of aromatic nitrogens is 4. The molecule has 6 heteroatoms. The van der Waals surface area contributed by atoms with E-state index in [1.54, 1.807) is 0 Å². The Hall–Kier alpha value is -2.34. The maximum atomic E-state index is 12.8. The fraction of sp³-hybridized carbons (Fsp3) is 0.350. The summed E-state index contributed by atoms with van der Waals surface area (Å²) in [7, 11) is 0. The molecule has 0 radical (unpaired) electrons. The molecule has 3 rings (SSSR count). The molecule has 0 fully saturated rings. The van der Waals surface area contributed by atoms with Crippen molar-refractivity contribution in [1.82, 2.24) is 19.3 Å². The molecule has 0 aliphatic rings. The van der Waals surface area contributed by atoms with E-state index in [0.717, 1.165) is 41.0 Å². The van der Waals surface area contributed by atoms with E-state index in [1.807, 2.05) is 42.7 Å². The Morgan fingerprint density at radius 3 is 2.50 bits per heavy atom. The molecule has 2 heterocycles. The van der Waals surface area contributed by atoms with Gasteiger partial charge in [-0.25, -0.2) is 0 Å². The summed E-state index contributed by atoms with van der Waals surface area (Å²) in [6.07, 6.45) is 0. The number of carbonyl (C=O) groups excluding carboxylic acids is 1. The Morgan fingerprint density at radius 1 is 1.08 bits per heavy atom. The summed E-state index contributed by atoms with van der Waals surface area (Å²) >= 11 is 1.45. The van der Waals surface area contributed by atoms with Crippen LogP contribution in [0.5, 0.6) is 0 Å². The van der Waals surface area contributed by atoms with Gasteiger partial charge in [-0.3, -0.25) is 4.79 Å². The highest BCUT2D eigenvalue weighted by Gasteiger charge is 2.17. The van der Waals surface area contributed by atoms with E-state index in [9.17, 15) is 4.79 Å². The van der Waals surface area contributed by atoms with E-state index in [4.69, 9.17) is 0 Å². The largest absolute Gasteiger partial charge is 0.344 e. The zero-order valence-corrected chi connectivity index (χ0v) is 16.5. The van der Waals surface area contributed by atoms with Gasteiger partial charge in [0.1, 0.15) is 5.82 Å². The second-order valence-corrected chi connectivity index (χ2v) is 7.28. The summed E-state index contributed by atoms with van der Waals surface area (Å²) in [5.74, 6) is 1.38. The molecule has 0 bridgehead atoms. The van der Waals surface area contributed by atoms with Gasteiger partial charge in [-0.15, -0.1) is 10.2 Å². The zero-order chi connectivity index (χ0) is 18.7. The molecule has 1 aromatic carbocycles. The monoisotopic (exact) mass is 368 g/mol. The molecule has 26 heavy (non-hydrogen) atoms. The zero-order valence-electron chi connectivity index (χ0n) is 15.7. The lowest BCUT2D eigenvalue weighted by Gasteiger charge is -2.10. The molecule has 0 aliphatic heterocycles. The van der Waals surface area contributed by atoms with E-state index in [2.05, 4.69) is 40.7 Å². The standard InChI is InChI=1S/C20H24N4OS/c1-5-23-16(4)21-22-20(23)26-13-19(25)18-11-14(2)24(15(18)3)12-17-9-7-6-8-10-17/h6-11H,5,12-13H2,1-4H3. The molecule has 3 aromatic rings. The van der Waals surface area contributed by atoms with Gasteiger partial charge in [-0.05, 0) is 39.3 Å². The summed E-state index contributed by atoms with van der Waals surface area (Å²) in [6.45, 7) is 9.64. The molecule has 0 spiro atoms. The Balaban J connectivity index is 1.74. The first-order valence-corrected chi connectivity index (χ1v) is 9.76. The lowest BCUT2D eigenvalue weighted by atomic mass is 10.2. The predicted octanol–water partition coefficient (Wildman–Crippen LogP) is 4.05. The maximum Gasteiger partial charge on any atom is 0.191 e. The van der Waals surface area contributed by atoms with Gasteiger partial charge in [-0.2, -0.15) is 0 Å². The molecule has 0 saturated heterocycles. The summed E-state index contributed by atoms with van der Waals surface area (Å²) in [4.78, 5) is 12.8. The number of aryl methyl sites for hydroxylation is 2. The molecule has 136 valence electrons. The molecule has 0 aliphatic carbocycles. The van der Waals surface area contributed by atoms with Crippen molar-refractivity contribution in [3.63, 3.8) is 0 Å². The number of Topliss-reactive ketones (excluding diaryl/α,β-unsaturated/α-hetero) is 1. The second kappa shape index (κ2) is 7.91.